The number of benzene rings is 2. The van der Waals surface area contributed by atoms with E-state index in [0.717, 1.165) is 5.56 Å². The molecule has 0 aliphatic carbocycles. The van der Waals surface area contributed by atoms with Gasteiger partial charge in [-0.25, -0.2) is 0 Å². The average Bonchev–Trinajstić information content (AvgIpc) is 3.43. The fourth-order valence-electron chi connectivity index (χ4n) is 3.37. The number of thioether (sulfide) groups is 1. The minimum atomic E-state index is -0.467. The quantitative estimate of drug-likeness (QED) is 0.183. The van der Waals surface area contributed by atoms with Crippen molar-refractivity contribution >= 4 is 40.8 Å². The van der Waals surface area contributed by atoms with E-state index in [9.17, 15) is 14.9 Å². The molecule has 1 aromatic heterocycles. The summed E-state index contributed by atoms with van der Waals surface area (Å²) in [7, 11) is 0. The van der Waals surface area contributed by atoms with Crippen LogP contribution in [0.1, 0.15) is 43.2 Å². The van der Waals surface area contributed by atoms with Crippen LogP contribution >= 0.6 is 11.8 Å². The molecule has 2 heterocycles. The van der Waals surface area contributed by atoms with Crippen LogP contribution in [-0.4, -0.2) is 27.1 Å². The van der Waals surface area contributed by atoms with Crippen molar-refractivity contribution in [3.8, 4) is 0 Å². The Kier molecular flexibility index (Phi) is 6.97. The fourth-order valence-corrected chi connectivity index (χ4v) is 4.31. The number of nitro benzene ring substituents is 1. The minimum Gasteiger partial charge on any atom is -0.467 e. The van der Waals surface area contributed by atoms with Crippen LogP contribution in [0.25, 0.3) is 6.08 Å². The molecule has 1 fully saturated rings. The molecule has 1 aliphatic rings. The number of hydrogen-bond acceptors (Lipinski definition) is 7. The Morgan fingerprint density at radius 2 is 1.86 bits per heavy atom. The highest BCUT2D eigenvalue weighted by molar-refractivity contribution is 8.18. The first-order valence-corrected chi connectivity index (χ1v) is 11.7. The molecule has 178 valence electrons. The van der Waals surface area contributed by atoms with Crippen LogP contribution in [0.15, 0.2) is 86.5 Å². The highest BCUT2D eigenvalue weighted by Gasteiger charge is 2.34. The first kappa shape index (κ1) is 24.2. The molecule has 0 unspecified atom stereocenters. The van der Waals surface area contributed by atoms with Crippen molar-refractivity contribution in [2.24, 2.45) is 10.2 Å². The number of carbonyl (C=O) groups excluding carboxylic acids is 1. The van der Waals surface area contributed by atoms with Gasteiger partial charge in [0.2, 0.25) is 0 Å². The number of nitro groups is 1. The number of non-ortho nitro benzene ring substituents is 1. The number of amides is 1. The van der Waals surface area contributed by atoms with Crippen molar-refractivity contribution in [1.29, 1.82) is 0 Å². The summed E-state index contributed by atoms with van der Waals surface area (Å²) in [5.41, 5.74) is 2.66. The molecule has 0 spiro atoms. The number of rotatable bonds is 6. The highest BCUT2D eigenvalue weighted by atomic mass is 32.2. The molecule has 0 bridgehead atoms. The molecule has 1 amide bonds. The van der Waals surface area contributed by atoms with Crippen LogP contribution in [0.4, 0.5) is 5.69 Å². The smallest absolute Gasteiger partial charge is 0.270 e. The van der Waals surface area contributed by atoms with E-state index in [1.807, 2.05) is 18.2 Å². The minimum absolute atomic E-state index is 0.0332. The second kappa shape index (κ2) is 10.1. The van der Waals surface area contributed by atoms with Crippen molar-refractivity contribution in [2.45, 2.75) is 32.7 Å². The van der Waals surface area contributed by atoms with Gasteiger partial charge in [0.05, 0.1) is 28.9 Å². The van der Waals surface area contributed by atoms with E-state index in [1.165, 1.54) is 40.6 Å². The van der Waals surface area contributed by atoms with Gasteiger partial charge in [0.25, 0.3) is 11.6 Å². The average molecular weight is 489 g/mol. The SMILES string of the molecule is CC(C)(C)c1ccc(/C=C2\S/C(=N\N=C\c3cccc([N+](=O)[O-])c3)N(Cc3ccco3)C2=O)cc1. The maximum absolute atomic E-state index is 13.2. The highest BCUT2D eigenvalue weighted by Crippen LogP contribution is 2.34. The summed E-state index contributed by atoms with van der Waals surface area (Å²) in [4.78, 5) is 25.8. The topological polar surface area (TPSA) is 101 Å². The van der Waals surface area contributed by atoms with E-state index in [2.05, 4.69) is 43.1 Å². The zero-order valence-electron chi connectivity index (χ0n) is 19.5. The molecule has 0 saturated carbocycles. The van der Waals surface area contributed by atoms with E-state index < -0.39 is 4.92 Å². The first-order valence-electron chi connectivity index (χ1n) is 10.9. The van der Waals surface area contributed by atoms with Crippen LogP contribution in [0.3, 0.4) is 0 Å². The van der Waals surface area contributed by atoms with E-state index in [1.54, 1.807) is 30.5 Å². The van der Waals surface area contributed by atoms with Crippen LogP contribution in [0.5, 0.6) is 0 Å². The zero-order valence-corrected chi connectivity index (χ0v) is 20.4. The summed E-state index contributed by atoms with van der Waals surface area (Å²) in [5, 5.41) is 19.7. The van der Waals surface area contributed by atoms with Gasteiger partial charge in [-0.3, -0.25) is 19.8 Å². The lowest BCUT2D eigenvalue weighted by Gasteiger charge is -2.18. The summed E-state index contributed by atoms with van der Waals surface area (Å²) in [6, 6.07) is 17.7. The molecule has 4 rings (SSSR count). The Bertz CT molecular complexity index is 1320. The third-order valence-electron chi connectivity index (χ3n) is 5.29. The van der Waals surface area contributed by atoms with Gasteiger partial charge >= 0.3 is 0 Å². The second-order valence-electron chi connectivity index (χ2n) is 8.93. The van der Waals surface area contributed by atoms with Gasteiger partial charge in [0.15, 0.2) is 5.17 Å². The predicted octanol–water partition coefficient (Wildman–Crippen LogP) is 5.99. The summed E-state index contributed by atoms with van der Waals surface area (Å²) >= 11 is 1.22. The van der Waals surface area contributed by atoms with Crippen LogP contribution in [0.2, 0.25) is 0 Å². The molecule has 1 saturated heterocycles. The first-order chi connectivity index (χ1) is 16.7. The Morgan fingerprint density at radius 1 is 1.09 bits per heavy atom. The molecule has 1 aliphatic heterocycles. The zero-order chi connectivity index (χ0) is 25.0. The molecular weight excluding hydrogens is 464 g/mol. The fraction of sp³-hybridized carbons (Fsp3) is 0.192. The largest absolute Gasteiger partial charge is 0.467 e. The third-order valence-corrected chi connectivity index (χ3v) is 6.28. The lowest BCUT2D eigenvalue weighted by Crippen LogP contribution is -2.28. The number of amidine groups is 1. The second-order valence-corrected chi connectivity index (χ2v) is 9.94. The summed E-state index contributed by atoms with van der Waals surface area (Å²) in [5.74, 6) is 0.417. The van der Waals surface area contributed by atoms with Crippen molar-refractivity contribution < 1.29 is 14.1 Å². The van der Waals surface area contributed by atoms with Gasteiger partial charge < -0.3 is 4.42 Å². The van der Waals surface area contributed by atoms with Crippen LogP contribution < -0.4 is 0 Å². The third kappa shape index (κ3) is 5.93. The van der Waals surface area contributed by atoms with Crippen LogP contribution in [-0.2, 0) is 16.8 Å². The maximum atomic E-state index is 13.2. The van der Waals surface area contributed by atoms with Crippen molar-refractivity contribution in [2.75, 3.05) is 0 Å². The van der Waals surface area contributed by atoms with Crippen LogP contribution in [0, 0.1) is 10.1 Å². The molecule has 8 nitrogen and oxygen atoms in total. The standard InChI is InChI=1S/C26H24N4O4S/c1-26(2,3)20-11-9-18(10-12-20)15-23-24(31)29(17-22-8-5-13-34-22)25(35-23)28-27-16-19-6-4-7-21(14-19)30(32)33/h4-16H,17H2,1-3H3/b23-15-,27-16+,28-25-. The molecule has 0 atom stereocenters. The lowest BCUT2D eigenvalue weighted by molar-refractivity contribution is -0.384. The van der Waals surface area contributed by atoms with E-state index >= 15 is 0 Å². The van der Waals surface area contributed by atoms with E-state index in [4.69, 9.17) is 4.42 Å². The van der Waals surface area contributed by atoms with Crippen molar-refractivity contribution in [3.05, 3.63) is 104 Å². The molecule has 35 heavy (non-hydrogen) atoms. The molecule has 9 heteroatoms. The summed E-state index contributed by atoms with van der Waals surface area (Å²) < 4.78 is 5.42. The van der Waals surface area contributed by atoms with Gasteiger partial charge in [0, 0.05) is 17.7 Å². The Balaban J connectivity index is 1.60. The number of carbonyl (C=O) groups is 1. The molecule has 0 radical (unpaired) electrons. The Hall–Kier alpha value is -3.98. The number of hydrogen-bond donors (Lipinski definition) is 0. The van der Waals surface area contributed by atoms with Gasteiger partial charge in [-0.1, -0.05) is 57.2 Å². The van der Waals surface area contributed by atoms with Crippen molar-refractivity contribution in [3.63, 3.8) is 0 Å². The van der Waals surface area contributed by atoms with E-state index in [-0.39, 0.29) is 23.6 Å². The summed E-state index contributed by atoms with van der Waals surface area (Å²) in [6.45, 7) is 6.67. The molecule has 2 aromatic carbocycles. The van der Waals surface area contributed by atoms with E-state index in [0.29, 0.717) is 21.4 Å². The Morgan fingerprint density at radius 3 is 2.51 bits per heavy atom. The van der Waals surface area contributed by atoms with Gasteiger partial charge in [-0.2, -0.15) is 5.10 Å². The number of nitrogens with zero attached hydrogens (tertiary/aromatic N) is 4. The van der Waals surface area contributed by atoms with Gasteiger partial charge in [0.1, 0.15) is 5.76 Å². The van der Waals surface area contributed by atoms with Crippen molar-refractivity contribution in [1.82, 2.24) is 4.90 Å². The van der Waals surface area contributed by atoms with Gasteiger partial charge in [-0.05, 0) is 46.5 Å². The molecule has 0 N–H and O–H groups in total. The Labute approximate surface area is 207 Å². The monoisotopic (exact) mass is 488 g/mol. The molecule has 3 aromatic rings. The normalized spacial score (nSPS) is 16.7. The number of furan rings is 1. The maximum Gasteiger partial charge on any atom is 0.270 e. The molecular formula is C26H24N4O4S. The van der Waals surface area contributed by atoms with Gasteiger partial charge in [-0.15, -0.1) is 5.10 Å². The predicted molar refractivity (Wildman–Crippen MR) is 138 cm³/mol. The lowest BCUT2D eigenvalue weighted by atomic mass is 9.87. The summed E-state index contributed by atoms with van der Waals surface area (Å²) in [6.07, 6.45) is 4.80.